The Kier molecular flexibility index (Phi) is 1.85. The molecule has 2 nitrogen and oxygen atoms in total. The molecule has 0 aliphatic rings. The Morgan fingerprint density at radius 3 is 3.11 bits per heavy atom. The maximum atomic E-state index is 8.75. The lowest BCUT2D eigenvalue weighted by Gasteiger charge is -1.83. The summed E-state index contributed by atoms with van der Waals surface area (Å²) in [5, 5.41) is 11.5. The second-order valence-electron chi connectivity index (χ2n) is 1.66. The van der Waals surface area contributed by atoms with Crippen LogP contribution >= 0.6 is 11.3 Å². The lowest BCUT2D eigenvalue weighted by atomic mass is 10.5. The predicted octanol–water partition coefficient (Wildman–Crippen LogP) is 2.06. The normalized spacial score (nSPS) is 11.9. The largest absolute Gasteiger partial charge is 0.513 e. The highest BCUT2D eigenvalue weighted by Gasteiger charge is 1.87. The minimum absolute atomic E-state index is 0.296. The lowest BCUT2D eigenvalue weighted by Crippen LogP contribution is -1.70. The van der Waals surface area contributed by atoms with Crippen LogP contribution in [-0.4, -0.2) is 10.1 Å². The molecule has 0 aliphatic heterocycles. The predicted molar refractivity (Wildman–Crippen MR) is 38.4 cm³/mol. The second kappa shape index (κ2) is 2.64. The molecule has 0 bridgehead atoms. The summed E-state index contributed by atoms with van der Waals surface area (Å²) in [6.07, 6.45) is 3.34. The van der Waals surface area contributed by atoms with Gasteiger partial charge in [-0.2, -0.15) is 0 Å². The van der Waals surface area contributed by atoms with Gasteiger partial charge in [0.15, 0.2) is 0 Å². The molecule has 0 saturated heterocycles. The van der Waals surface area contributed by atoms with Gasteiger partial charge in [-0.1, -0.05) is 0 Å². The number of aliphatic hydroxyl groups excluding tert-OH is 1. The third-order valence-electron chi connectivity index (χ3n) is 0.784. The van der Waals surface area contributed by atoms with Crippen LogP contribution in [0.15, 0.2) is 17.3 Å². The van der Waals surface area contributed by atoms with Crippen molar-refractivity contribution < 1.29 is 5.11 Å². The van der Waals surface area contributed by atoms with Crippen molar-refractivity contribution in [3.63, 3.8) is 0 Å². The van der Waals surface area contributed by atoms with Crippen LogP contribution in [0.4, 0.5) is 0 Å². The van der Waals surface area contributed by atoms with E-state index in [1.54, 1.807) is 19.2 Å². The molecule has 3 heteroatoms. The van der Waals surface area contributed by atoms with Crippen LogP contribution in [0.5, 0.6) is 0 Å². The fraction of sp³-hybridized carbons (Fsp3) is 0.167. The molecule has 0 fully saturated rings. The van der Waals surface area contributed by atoms with E-state index in [0.29, 0.717) is 5.76 Å². The van der Waals surface area contributed by atoms with E-state index < -0.39 is 0 Å². The molecule has 1 rings (SSSR count). The Morgan fingerprint density at radius 1 is 1.89 bits per heavy atom. The van der Waals surface area contributed by atoms with Gasteiger partial charge >= 0.3 is 0 Å². The smallest absolute Gasteiger partial charge is 0.119 e. The Hall–Kier alpha value is -0.830. The maximum absolute atomic E-state index is 8.75. The standard InChI is InChI=1S/C6H7NOS/c1-5(8)4-6-7-2-3-9-6/h2-4,8H,1H3/b5-4-. The molecule has 1 aromatic heterocycles. The average Bonchev–Trinajstić information content (AvgIpc) is 2.15. The van der Waals surface area contributed by atoms with Crippen LogP contribution in [0.3, 0.4) is 0 Å². The molecular weight excluding hydrogens is 134 g/mol. The summed E-state index contributed by atoms with van der Waals surface area (Å²) in [5.41, 5.74) is 0. The van der Waals surface area contributed by atoms with Gasteiger partial charge in [-0.15, -0.1) is 11.3 Å². The number of aliphatic hydroxyl groups is 1. The summed E-state index contributed by atoms with van der Waals surface area (Å²) in [5.74, 6) is 0.296. The highest BCUT2D eigenvalue weighted by molar-refractivity contribution is 7.10. The minimum atomic E-state index is 0.296. The Morgan fingerprint density at radius 2 is 2.67 bits per heavy atom. The summed E-state index contributed by atoms with van der Waals surface area (Å²) in [6.45, 7) is 1.63. The maximum Gasteiger partial charge on any atom is 0.119 e. The zero-order valence-electron chi connectivity index (χ0n) is 5.03. The summed E-state index contributed by atoms with van der Waals surface area (Å²) < 4.78 is 0. The number of aromatic nitrogens is 1. The first-order chi connectivity index (χ1) is 4.29. The zero-order chi connectivity index (χ0) is 6.69. The van der Waals surface area contributed by atoms with Crippen LogP contribution < -0.4 is 0 Å². The van der Waals surface area contributed by atoms with Gasteiger partial charge in [-0.05, 0) is 6.92 Å². The molecule has 0 atom stereocenters. The number of nitrogens with zero attached hydrogens (tertiary/aromatic N) is 1. The minimum Gasteiger partial charge on any atom is -0.513 e. The molecule has 0 unspecified atom stereocenters. The van der Waals surface area contributed by atoms with Crippen molar-refractivity contribution >= 4 is 17.4 Å². The first-order valence-corrected chi connectivity index (χ1v) is 3.44. The summed E-state index contributed by atoms with van der Waals surface area (Å²) in [4.78, 5) is 3.94. The van der Waals surface area contributed by atoms with E-state index in [0.717, 1.165) is 5.01 Å². The summed E-state index contributed by atoms with van der Waals surface area (Å²) in [7, 11) is 0. The quantitative estimate of drug-likeness (QED) is 0.607. The van der Waals surface area contributed by atoms with Crippen molar-refractivity contribution in [1.29, 1.82) is 0 Å². The van der Waals surface area contributed by atoms with Crippen molar-refractivity contribution in [3.05, 3.63) is 22.3 Å². The van der Waals surface area contributed by atoms with E-state index in [1.807, 2.05) is 5.38 Å². The molecule has 1 heterocycles. The van der Waals surface area contributed by atoms with Crippen molar-refractivity contribution in [3.8, 4) is 0 Å². The van der Waals surface area contributed by atoms with E-state index in [-0.39, 0.29) is 0 Å². The highest BCUT2D eigenvalue weighted by Crippen LogP contribution is 2.07. The lowest BCUT2D eigenvalue weighted by molar-refractivity contribution is 0.420. The molecule has 1 aromatic rings. The van der Waals surface area contributed by atoms with Crippen LogP contribution in [-0.2, 0) is 0 Å². The van der Waals surface area contributed by atoms with Crippen molar-refractivity contribution in [1.82, 2.24) is 4.98 Å². The van der Waals surface area contributed by atoms with E-state index >= 15 is 0 Å². The summed E-state index contributed by atoms with van der Waals surface area (Å²) in [6, 6.07) is 0. The van der Waals surface area contributed by atoms with E-state index in [1.165, 1.54) is 11.3 Å². The molecule has 0 aliphatic carbocycles. The average molecular weight is 141 g/mol. The molecule has 1 N–H and O–H groups in total. The van der Waals surface area contributed by atoms with E-state index in [9.17, 15) is 0 Å². The van der Waals surface area contributed by atoms with Gasteiger partial charge in [0.1, 0.15) is 5.01 Å². The molecular formula is C6H7NOS. The topological polar surface area (TPSA) is 33.1 Å². The van der Waals surface area contributed by atoms with Gasteiger partial charge in [0.25, 0.3) is 0 Å². The number of hydrogen-bond acceptors (Lipinski definition) is 3. The molecule has 9 heavy (non-hydrogen) atoms. The molecule has 48 valence electrons. The van der Waals surface area contributed by atoms with Crippen molar-refractivity contribution in [2.75, 3.05) is 0 Å². The Bertz CT molecular complexity index is 199. The molecule has 0 saturated carbocycles. The van der Waals surface area contributed by atoms with Gasteiger partial charge in [-0.25, -0.2) is 4.98 Å². The first kappa shape index (κ1) is 6.29. The van der Waals surface area contributed by atoms with E-state index in [2.05, 4.69) is 4.98 Å². The third-order valence-corrected chi connectivity index (χ3v) is 1.51. The van der Waals surface area contributed by atoms with Gasteiger partial charge < -0.3 is 5.11 Å². The van der Waals surface area contributed by atoms with Crippen LogP contribution in [0.1, 0.15) is 11.9 Å². The number of allylic oxidation sites excluding steroid dienone is 1. The molecule has 0 aromatic carbocycles. The molecule has 0 spiro atoms. The number of thiazole rings is 1. The summed E-state index contributed by atoms with van der Waals surface area (Å²) >= 11 is 1.50. The number of rotatable bonds is 1. The fourth-order valence-corrected chi connectivity index (χ4v) is 1.11. The monoisotopic (exact) mass is 141 g/mol. The third kappa shape index (κ3) is 1.85. The molecule has 0 radical (unpaired) electrons. The van der Waals surface area contributed by atoms with Gasteiger partial charge in [0.05, 0.1) is 5.76 Å². The van der Waals surface area contributed by atoms with Gasteiger partial charge in [0.2, 0.25) is 0 Å². The fourth-order valence-electron chi connectivity index (χ4n) is 0.484. The first-order valence-electron chi connectivity index (χ1n) is 2.56. The SMILES string of the molecule is C/C(O)=C/c1nccs1. The highest BCUT2D eigenvalue weighted by atomic mass is 32.1. The zero-order valence-corrected chi connectivity index (χ0v) is 5.85. The van der Waals surface area contributed by atoms with Crippen LogP contribution in [0.2, 0.25) is 0 Å². The molecule has 0 amide bonds. The Labute approximate surface area is 57.5 Å². The second-order valence-corrected chi connectivity index (χ2v) is 2.58. The Balaban J connectivity index is 2.80. The van der Waals surface area contributed by atoms with Crippen molar-refractivity contribution in [2.24, 2.45) is 0 Å². The van der Waals surface area contributed by atoms with Crippen molar-refractivity contribution in [2.45, 2.75) is 6.92 Å². The van der Waals surface area contributed by atoms with Crippen LogP contribution in [0, 0.1) is 0 Å². The number of hydrogen-bond donors (Lipinski definition) is 1. The van der Waals surface area contributed by atoms with E-state index in [4.69, 9.17) is 5.11 Å². The van der Waals surface area contributed by atoms with Gasteiger partial charge in [-0.3, -0.25) is 0 Å². The van der Waals surface area contributed by atoms with Crippen LogP contribution in [0.25, 0.3) is 6.08 Å². The van der Waals surface area contributed by atoms with Gasteiger partial charge in [0, 0.05) is 17.7 Å².